The second-order valence-electron chi connectivity index (χ2n) is 4.93. The summed E-state index contributed by atoms with van der Waals surface area (Å²) in [5.74, 6) is 0.0223. The standard InChI is InChI=1S/C11H23NO3/c1-8(10(14-5)15-6)12-9(13)7-11(2,3)4/h8,10H,7H2,1-6H3,(H,12,13). The summed E-state index contributed by atoms with van der Waals surface area (Å²) in [6, 6.07) is -0.144. The minimum absolute atomic E-state index is 0.000552. The molecule has 0 saturated carbocycles. The van der Waals surface area contributed by atoms with Gasteiger partial charge in [-0.15, -0.1) is 0 Å². The number of carbonyl (C=O) groups excluding carboxylic acids is 1. The largest absolute Gasteiger partial charge is 0.354 e. The summed E-state index contributed by atoms with van der Waals surface area (Å²) in [5.41, 5.74) is -0.000552. The summed E-state index contributed by atoms with van der Waals surface area (Å²) in [4.78, 5) is 11.6. The van der Waals surface area contributed by atoms with Crippen LogP contribution in [0, 0.1) is 5.41 Å². The average molecular weight is 217 g/mol. The van der Waals surface area contributed by atoms with Crippen molar-refractivity contribution < 1.29 is 14.3 Å². The first-order valence-corrected chi connectivity index (χ1v) is 5.15. The molecule has 4 heteroatoms. The predicted molar refractivity (Wildman–Crippen MR) is 59.5 cm³/mol. The summed E-state index contributed by atoms with van der Waals surface area (Å²) >= 11 is 0. The van der Waals surface area contributed by atoms with Crippen LogP contribution in [0.3, 0.4) is 0 Å². The summed E-state index contributed by atoms with van der Waals surface area (Å²) < 4.78 is 10.1. The van der Waals surface area contributed by atoms with Crippen molar-refractivity contribution in [1.82, 2.24) is 5.32 Å². The lowest BCUT2D eigenvalue weighted by atomic mass is 9.92. The molecule has 1 amide bonds. The molecule has 1 N–H and O–H groups in total. The Morgan fingerprint density at radius 2 is 1.73 bits per heavy atom. The topological polar surface area (TPSA) is 47.6 Å². The fourth-order valence-electron chi connectivity index (χ4n) is 1.36. The molecule has 0 radical (unpaired) electrons. The highest BCUT2D eigenvalue weighted by Gasteiger charge is 2.21. The van der Waals surface area contributed by atoms with Gasteiger partial charge < -0.3 is 14.8 Å². The normalized spacial score (nSPS) is 14.1. The Bertz CT molecular complexity index is 194. The van der Waals surface area contributed by atoms with E-state index in [0.29, 0.717) is 6.42 Å². The molecule has 0 aliphatic rings. The number of rotatable bonds is 5. The molecule has 0 bridgehead atoms. The van der Waals surface area contributed by atoms with Crippen LogP contribution < -0.4 is 5.32 Å². The molecule has 1 atom stereocenters. The fourth-order valence-corrected chi connectivity index (χ4v) is 1.36. The SMILES string of the molecule is COC(OC)C(C)NC(=O)CC(C)(C)C. The van der Waals surface area contributed by atoms with Crippen molar-refractivity contribution in [3.05, 3.63) is 0 Å². The van der Waals surface area contributed by atoms with Gasteiger partial charge in [0, 0.05) is 20.6 Å². The zero-order valence-corrected chi connectivity index (χ0v) is 10.6. The van der Waals surface area contributed by atoms with Gasteiger partial charge in [-0.2, -0.15) is 0 Å². The third-order valence-electron chi connectivity index (χ3n) is 1.95. The number of amides is 1. The third-order valence-corrected chi connectivity index (χ3v) is 1.95. The number of carbonyl (C=O) groups is 1. The van der Waals surface area contributed by atoms with Gasteiger partial charge in [-0.3, -0.25) is 4.79 Å². The second kappa shape index (κ2) is 6.08. The molecule has 15 heavy (non-hydrogen) atoms. The van der Waals surface area contributed by atoms with E-state index in [1.807, 2.05) is 27.7 Å². The first-order valence-electron chi connectivity index (χ1n) is 5.15. The molecule has 0 aromatic heterocycles. The van der Waals surface area contributed by atoms with E-state index >= 15 is 0 Å². The highest BCUT2D eigenvalue weighted by molar-refractivity contribution is 5.76. The quantitative estimate of drug-likeness (QED) is 0.711. The minimum atomic E-state index is -0.395. The molecule has 0 spiro atoms. The molecule has 1 unspecified atom stereocenters. The van der Waals surface area contributed by atoms with Gasteiger partial charge in [0.05, 0.1) is 6.04 Å². The summed E-state index contributed by atoms with van der Waals surface area (Å²) in [5, 5.41) is 2.85. The van der Waals surface area contributed by atoms with E-state index in [4.69, 9.17) is 9.47 Å². The predicted octanol–water partition coefficient (Wildman–Crippen LogP) is 1.55. The van der Waals surface area contributed by atoms with E-state index in [1.54, 1.807) is 14.2 Å². The van der Waals surface area contributed by atoms with Gasteiger partial charge in [-0.25, -0.2) is 0 Å². The summed E-state index contributed by atoms with van der Waals surface area (Å²) in [6.45, 7) is 7.95. The van der Waals surface area contributed by atoms with Gasteiger partial charge in [0.2, 0.25) is 5.91 Å². The maximum atomic E-state index is 11.6. The Morgan fingerprint density at radius 1 is 1.27 bits per heavy atom. The molecule has 4 nitrogen and oxygen atoms in total. The van der Waals surface area contributed by atoms with Crippen molar-refractivity contribution in [3.8, 4) is 0 Å². The van der Waals surface area contributed by atoms with Crippen molar-refractivity contribution in [3.63, 3.8) is 0 Å². The lowest BCUT2D eigenvalue weighted by molar-refractivity contribution is -0.137. The number of hydrogen-bond donors (Lipinski definition) is 1. The van der Waals surface area contributed by atoms with Crippen molar-refractivity contribution in [2.24, 2.45) is 5.41 Å². The lowest BCUT2D eigenvalue weighted by Crippen LogP contribution is -2.43. The number of hydrogen-bond acceptors (Lipinski definition) is 3. The Morgan fingerprint density at radius 3 is 2.07 bits per heavy atom. The van der Waals surface area contributed by atoms with Crippen LogP contribution in [0.1, 0.15) is 34.1 Å². The molecule has 0 aromatic rings. The lowest BCUT2D eigenvalue weighted by Gasteiger charge is -2.24. The van der Waals surface area contributed by atoms with E-state index in [-0.39, 0.29) is 17.4 Å². The number of methoxy groups -OCH3 is 2. The maximum absolute atomic E-state index is 11.6. The van der Waals surface area contributed by atoms with Crippen molar-refractivity contribution in [1.29, 1.82) is 0 Å². The number of ether oxygens (including phenoxy) is 2. The van der Waals surface area contributed by atoms with Crippen molar-refractivity contribution in [2.45, 2.75) is 46.4 Å². The molecule has 0 aromatic carbocycles. The van der Waals surface area contributed by atoms with E-state index in [2.05, 4.69) is 5.32 Å². The first kappa shape index (κ1) is 14.4. The van der Waals surface area contributed by atoms with E-state index in [1.165, 1.54) is 0 Å². The van der Waals surface area contributed by atoms with Gasteiger partial charge in [0.1, 0.15) is 0 Å². The van der Waals surface area contributed by atoms with Crippen LogP contribution in [0.15, 0.2) is 0 Å². The van der Waals surface area contributed by atoms with Crippen molar-refractivity contribution in [2.75, 3.05) is 14.2 Å². The van der Waals surface area contributed by atoms with Crippen LogP contribution in [0.5, 0.6) is 0 Å². The zero-order valence-electron chi connectivity index (χ0n) is 10.6. The maximum Gasteiger partial charge on any atom is 0.220 e. The van der Waals surface area contributed by atoms with Gasteiger partial charge in [-0.05, 0) is 12.3 Å². The van der Waals surface area contributed by atoms with Crippen LogP contribution in [-0.4, -0.2) is 32.5 Å². The molecular weight excluding hydrogens is 194 g/mol. The van der Waals surface area contributed by atoms with Crippen LogP contribution in [-0.2, 0) is 14.3 Å². The molecule has 0 fully saturated rings. The van der Waals surface area contributed by atoms with Gasteiger partial charge in [0.15, 0.2) is 6.29 Å². The Labute approximate surface area is 92.3 Å². The highest BCUT2D eigenvalue weighted by atomic mass is 16.7. The zero-order chi connectivity index (χ0) is 12.1. The van der Waals surface area contributed by atoms with Crippen molar-refractivity contribution >= 4 is 5.91 Å². The fraction of sp³-hybridized carbons (Fsp3) is 0.909. The Hall–Kier alpha value is -0.610. The molecule has 0 aliphatic carbocycles. The van der Waals surface area contributed by atoms with E-state index in [9.17, 15) is 4.79 Å². The monoisotopic (exact) mass is 217 g/mol. The Kier molecular flexibility index (Phi) is 5.83. The summed E-state index contributed by atoms with van der Waals surface area (Å²) in [7, 11) is 3.11. The average Bonchev–Trinajstić information content (AvgIpc) is 2.02. The van der Waals surface area contributed by atoms with Crippen LogP contribution in [0.2, 0.25) is 0 Å². The third kappa shape index (κ3) is 6.47. The van der Waals surface area contributed by atoms with Crippen LogP contribution in [0.25, 0.3) is 0 Å². The second-order valence-corrected chi connectivity index (χ2v) is 4.93. The molecule has 0 rings (SSSR count). The van der Waals surface area contributed by atoms with Gasteiger partial charge in [-0.1, -0.05) is 20.8 Å². The van der Waals surface area contributed by atoms with Crippen LogP contribution >= 0.6 is 0 Å². The van der Waals surface area contributed by atoms with Gasteiger partial charge in [0.25, 0.3) is 0 Å². The number of nitrogens with one attached hydrogen (secondary N) is 1. The minimum Gasteiger partial charge on any atom is -0.354 e. The first-order chi connectivity index (χ1) is 6.80. The Balaban J connectivity index is 4.06. The molecule has 0 saturated heterocycles. The van der Waals surface area contributed by atoms with Crippen LogP contribution in [0.4, 0.5) is 0 Å². The van der Waals surface area contributed by atoms with E-state index in [0.717, 1.165) is 0 Å². The molecule has 90 valence electrons. The highest BCUT2D eigenvalue weighted by Crippen LogP contribution is 2.18. The van der Waals surface area contributed by atoms with Gasteiger partial charge >= 0.3 is 0 Å². The molecule has 0 aliphatic heterocycles. The molecular formula is C11H23NO3. The smallest absolute Gasteiger partial charge is 0.220 e. The van der Waals surface area contributed by atoms with E-state index < -0.39 is 6.29 Å². The molecule has 0 heterocycles. The summed E-state index contributed by atoms with van der Waals surface area (Å²) in [6.07, 6.45) is 0.103.